The number of halogens is 1. The highest BCUT2D eigenvalue weighted by molar-refractivity contribution is 5.84. The Labute approximate surface area is 238 Å². The van der Waals surface area contributed by atoms with Crippen LogP contribution in [-0.4, -0.2) is 136 Å². The lowest BCUT2D eigenvalue weighted by atomic mass is 9.82. The summed E-state index contributed by atoms with van der Waals surface area (Å²) in [6.45, 7) is 3.45. The van der Waals surface area contributed by atoms with E-state index in [0.29, 0.717) is 12.8 Å². The lowest BCUT2D eigenvalue weighted by molar-refractivity contribution is -0.313. The summed E-state index contributed by atoms with van der Waals surface area (Å²) >= 11 is 0. The summed E-state index contributed by atoms with van der Waals surface area (Å²) in [7, 11) is 0. The van der Waals surface area contributed by atoms with E-state index in [1.54, 1.807) is 6.92 Å². The number of nitrogens with zero attached hydrogens (tertiary/aromatic N) is 1. The molecule has 2 heterocycles. The first kappa shape index (κ1) is 33.9. The molecule has 238 valence electrons. The first-order valence-electron chi connectivity index (χ1n) is 13.9. The van der Waals surface area contributed by atoms with Crippen LogP contribution in [0.15, 0.2) is 4.99 Å². The molecule has 2 saturated heterocycles. The SMILES string of the molecule is CC(O)C(N)=NC[C@@H]1CCC(N)[C@@H](OC2C(O)C(O[C@H]3OCC(C)(O)[C@H](C)C3O)[C@H](NC(=N)C(O)CF)C[C@@H]2N)O1. The number of amidine groups is 2. The zero-order valence-electron chi connectivity index (χ0n) is 23.7. The molecule has 13 N–H and O–H groups in total. The Hall–Kier alpha value is -1.57. The van der Waals surface area contributed by atoms with Gasteiger partial charge in [0.15, 0.2) is 12.6 Å². The third-order valence-corrected chi connectivity index (χ3v) is 8.14. The van der Waals surface area contributed by atoms with E-state index >= 15 is 0 Å². The standard InChI is InChI=1S/C25H47FN6O9/c1-10-17(35)24(38-9-25(10,3)37)41-20-15(32-22(30)16(34)7-26)6-14(28)19(18(20)36)40-23-13(27)5-4-12(39-23)8-31-21(29)11(2)33/h10-20,23-24,33-37H,4-9,27-28H2,1-3H3,(H2,29,31)(H2,30,32)/t10-,11?,12+,13?,14+,15-,16?,17?,18?,19?,20?,23-,24-,25?/m1/s1. The van der Waals surface area contributed by atoms with Crippen molar-refractivity contribution in [2.24, 2.45) is 28.1 Å². The molecule has 15 nitrogen and oxygen atoms in total. The van der Waals surface area contributed by atoms with E-state index in [0.717, 1.165) is 0 Å². The number of aliphatic imine (C=N–C) groups is 1. The highest BCUT2D eigenvalue weighted by Crippen LogP contribution is 2.34. The van der Waals surface area contributed by atoms with Crippen molar-refractivity contribution in [1.82, 2.24) is 5.32 Å². The van der Waals surface area contributed by atoms with Crippen LogP contribution in [0.1, 0.15) is 40.0 Å². The topological polar surface area (TPSA) is 264 Å². The van der Waals surface area contributed by atoms with Crippen LogP contribution in [0.2, 0.25) is 0 Å². The number of hydrogen-bond donors (Lipinski definition) is 10. The average molecular weight is 595 g/mol. The predicted octanol–water partition coefficient (Wildman–Crippen LogP) is -3.21. The number of hydrogen-bond acceptors (Lipinski definition) is 13. The molecule has 0 amide bonds. The summed E-state index contributed by atoms with van der Waals surface area (Å²) < 4.78 is 36.7. The molecule has 0 aromatic rings. The molecule has 1 aliphatic carbocycles. The summed E-state index contributed by atoms with van der Waals surface area (Å²) in [6, 6.07) is -2.30. The first-order chi connectivity index (χ1) is 19.2. The Balaban J connectivity index is 1.77. The summed E-state index contributed by atoms with van der Waals surface area (Å²) in [4.78, 5) is 4.14. The van der Waals surface area contributed by atoms with Crippen LogP contribution in [0, 0.1) is 11.3 Å². The Morgan fingerprint density at radius 2 is 1.80 bits per heavy atom. The lowest BCUT2D eigenvalue weighted by Crippen LogP contribution is -2.68. The second-order valence-electron chi connectivity index (χ2n) is 11.6. The van der Waals surface area contributed by atoms with Gasteiger partial charge in [-0.2, -0.15) is 0 Å². The maximum atomic E-state index is 13.0. The second kappa shape index (κ2) is 14.3. The number of nitrogens with two attached hydrogens (primary N) is 3. The summed E-state index contributed by atoms with van der Waals surface area (Å²) in [5.74, 6) is -1.12. The van der Waals surface area contributed by atoms with Crippen molar-refractivity contribution in [3.8, 4) is 0 Å². The van der Waals surface area contributed by atoms with Crippen LogP contribution in [0.4, 0.5) is 4.39 Å². The van der Waals surface area contributed by atoms with Gasteiger partial charge >= 0.3 is 0 Å². The van der Waals surface area contributed by atoms with Crippen molar-refractivity contribution in [1.29, 1.82) is 5.41 Å². The van der Waals surface area contributed by atoms with E-state index in [-0.39, 0.29) is 25.4 Å². The van der Waals surface area contributed by atoms with Crippen molar-refractivity contribution in [3.05, 3.63) is 0 Å². The first-order valence-corrected chi connectivity index (χ1v) is 13.9. The largest absolute Gasteiger partial charge is 0.388 e. The zero-order chi connectivity index (χ0) is 30.6. The third-order valence-electron chi connectivity index (χ3n) is 8.14. The van der Waals surface area contributed by atoms with Crippen LogP contribution >= 0.6 is 0 Å². The summed E-state index contributed by atoms with van der Waals surface area (Å²) in [5, 5.41) is 62.7. The van der Waals surface area contributed by atoms with Crippen molar-refractivity contribution >= 4 is 11.7 Å². The highest BCUT2D eigenvalue weighted by atomic mass is 19.1. The molecule has 41 heavy (non-hydrogen) atoms. The molecule has 16 heteroatoms. The fourth-order valence-corrected chi connectivity index (χ4v) is 5.10. The summed E-state index contributed by atoms with van der Waals surface area (Å²) in [6.07, 6.45) is -9.22. The molecule has 14 atom stereocenters. The molecular formula is C25H47FN6O9. The van der Waals surface area contributed by atoms with Gasteiger partial charge in [-0.15, -0.1) is 0 Å². The van der Waals surface area contributed by atoms with Gasteiger partial charge in [-0.3, -0.25) is 10.4 Å². The van der Waals surface area contributed by atoms with Crippen LogP contribution < -0.4 is 22.5 Å². The lowest BCUT2D eigenvalue weighted by Gasteiger charge is -2.49. The van der Waals surface area contributed by atoms with Crippen molar-refractivity contribution in [3.63, 3.8) is 0 Å². The van der Waals surface area contributed by atoms with E-state index in [2.05, 4.69) is 10.3 Å². The monoisotopic (exact) mass is 594 g/mol. The van der Waals surface area contributed by atoms with Gasteiger partial charge in [0.05, 0.1) is 36.9 Å². The van der Waals surface area contributed by atoms with E-state index in [1.165, 1.54) is 13.8 Å². The number of alkyl halides is 1. The van der Waals surface area contributed by atoms with Crippen molar-refractivity contribution in [2.75, 3.05) is 19.8 Å². The molecule has 8 unspecified atom stereocenters. The van der Waals surface area contributed by atoms with E-state index in [1.807, 2.05) is 0 Å². The van der Waals surface area contributed by atoms with Gasteiger partial charge in [0, 0.05) is 12.0 Å². The van der Waals surface area contributed by atoms with Gasteiger partial charge in [-0.1, -0.05) is 6.92 Å². The van der Waals surface area contributed by atoms with Crippen molar-refractivity contribution in [2.45, 2.75) is 119 Å². The molecule has 0 radical (unpaired) electrons. The maximum Gasteiger partial charge on any atom is 0.184 e. The van der Waals surface area contributed by atoms with Gasteiger partial charge in [-0.25, -0.2) is 4.39 Å². The minimum absolute atomic E-state index is 0.0461. The smallest absolute Gasteiger partial charge is 0.184 e. The van der Waals surface area contributed by atoms with Crippen molar-refractivity contribution < 1.29 is 48.9 Å². The number of nitrogens with one attached hydrogen (secondary N) is 2. The number of rotatable bonds is 10. The van der Waals surface area contributed by atoms with Crippen LogP contribution in [0.3, 0.4) is 0 Å². The molecule has 3 rings (SSSR count). The molecule has 3 aliphatic rings. The predicted molar refractivity (Wildman–Crippen MR) is 145 cm³/mol. The van der Waals surface area contributed by atoms with E-state index in [9.17, 15) is 29.9 Å². The molecule has 0 aromatic carbocycles. The highest BCUT2D eigenvalue weighted by Gasteiger charge is 2.51. The number of ether oxygens (including phenoxy) is 4. The molecule has 2 aliphatic heterocycles. The van der Waals surface area contributed by atoms with Gasteiger partial charge in [0.25, 0.3) is 0 Å². The average Bonchev–Trinajstić information content (AvgIpc) is 2.92. The maximum absolute atomic E-state index is 13.0. The fourth-order valence-electron chi connectivity index (χ4n) is 5.10. The zero-order valence-corrected chi connectivity index (χ0v) is 23.7. The third kappa shape index (κ3) is 8.29. The Kier molecular flexibility index (Phi) is 11.8. The van der Waals surface area contributed by atoms with Crippen LogP contribution in [0.5, 0.6) is 0 Å². The molecule has 1 saturated carbocycles. The molecule has 3 fully saturated rings. The summed E-state index contributed by atoms with van der Waals surface area (Å²) in [5.41, 5.74) is 17.0. The Morgan fingerprint density at radius 3 is 2.44 bits per heavy atom. The fraction of sp³-hybridized carbons (Fsp3) is 0.920. The Morgan fingerprint density at radius 1 is 1.15 bits per heavy atom. The number of aliphatic hydroxyl groups excluding tert-OH is 4. The molecular weight excluding hydrogens is 547 g/mol. The minimum atomic E-state index is -1.72. The van der Waals surface area contributed by atoms with Gasteiger partial charge in [-0.05, 0) is 33.1 Å². The van der Waals surface area contributed by atoms with Gasteiger partial charge in [0.1, 0.15) is 55.0 Å². The van der Waals surface area contributed by atoms with E-state index < -0.39 is 97.5 Å². The number of aliphatic hydroxyl groups is 5. The quantitative estimate of drug-likeness (QED) is 0.0883. The molecule has 0 aromatic heterocycles. The van der Waals surface area contributed by atoms with Gasteiger partial charge in [0.2, 0.25) is 0 Å². The molecule has 0 spiro atoms. The minimum Gasteiger partial charge on any atom is -0.388 e. The second-order valence-corrected chi connectivity index (χ2v) is 11.6. The normalized spacial score (nSPS) is 43.8. The Bertz CT molecular complexity index is 902. The van der Waals surface area contributed by atoms with E-state index in [4.69, 9.17) is 41.6 Å². The molecule has 0 bridgehead atoms. The van der Waals surface area contributed by atoms with Crippen LogP contribution in [0.25, 0.3) is 0 Å². The van der Waals surface area contributed by atoms with Gasteiger partial charge < -0.3 is 67.0 Å². The van der Waals surface area contributed by atoms with Crippen LogP contribution in [-0.2, 0) is 18.9 Å².